The molecule has 1 N–H and O–H groups in total. The van der Waals surface area contributed by atoms with E-state index < -0.39 is 0 Å². The molecule has 4 nitrogen and oxygen atoms in total. The molecule has 21 heavy (non-hydrogen) atoms. The van der Waals surface area contributed by atoms with E-state index in [4.69, 9.17) is 16.3 Å². The van der Waals surface area contributed by atoms with E-state index >= 15 is 0 Å². The maximum Gasteiger partial charge on any atom is 0.220 e. The number of amides is 1. The van der Waals surface area contributed by atoms with E-state index in [1.54, 1.807) is 7.05 Å². The first-order valence-electron chi connectivity index (χ1n) is 7.41. The quantitative estimate of drug-likeness (QED) is 0.877. The number of likely N-dealkylation sites (tertiary alicyclic amines) is 1. The molecule has 1 aromatic rings. The van der Waals surface area contributed by atoms with Crippen LogP contribution in [0.25, 0.3) is 0 Å². The van der Waals surface area contributed by atoms with E-state index in [2.05, 4.69) is 10.2 Å². The van der Waals surface area contributed by atoms with Gasteiger partial charge in [0.2, 0.25) is 5.91 Å². The Labute approximate surface area is 131 Å². The Morgan fingerprint density at radius 3 is 3.05 bits per heavy atom. The Balaban J connectivity index is 1.74. The Morgan fingerprint density at radius 2 is 2.33 bits per heavy atom. The molecule has 0 unspecified atom stereocenters. The first kappa shape index (κ1) is 16.1. The maximum absolute atomic E-state index is 11.4. The molecular formula is C16H23ClN2O2. The fraction of sp³-hybridized carbons (Fsp3) is 0.562. The van der Waals surface area contributed by atoms with Crippen molar-refractivity contribution in [1.29, 1.82) is 0 Å². The molecule has 1 aromatic carbocycles. The largest absolute Gasteiger partial charge is 0.490 e. The smallest absolute Gasteiger partial charge is 0.220 e. The highest BCUT2D eigenvalue weighted by Crippen LogP contribution is 2.28. The second-order valence-electron chi connectivity index (χ2n) is 5.57. The van der Waals surface area contributed by atoms with Gasteiger partial charge in [0.25, 0.3) is 0 Å². The molecule has 0 aromatic heterocycles. The van der Waals surface area contributed by atoms with Gasteiger partial charge < -0.3 is 10.1 Å². The highest BCUT2D eigenvalue weighted by molar-refractivity contribution is 6.32. The fourth-order valence-corrected chi connectivity index (χ4v) is 3.00. The van der Waals surface area contributed by atoms with Crippen molar-refractivity contribution >= 4 is 17.5 Å². The van der Waals surface area contributed by atoms with Crippen LogP contribution in [0.2, 0.25) is 5.02 Å². The number of benzene rings is 1. The summed E-state index contributed by atoms with van der Waals surface area (Å²) in [5.41, 5.74) is 1.06. The predicted octanol–water partition coefficient (Wildman–Crippen LogP) is 2.49. The lowest BCUT2D eigenvalue weighted by Crippen LogP contribution is -2.27. The molecule has 1 fully saturated rings. The molecule has 2 rings (SSSR count). The minimum Gasteiger partial charge on any atom is -0.490 e. The Bertz CT molecular complexity index is 473. The molecule has 1 heterocycles. The van der Waals surface area contributed by atoms with E-state index in [-0.39, 0.29) is 5.91 Å². The van der Waals surface area contributed by atoms with Gasteiger partial charge in [-0.3, -0.25) is 9.69 Å². The van der Waals surface area contributed by atoms with E-state index in [1.807, 2.05) is 25.1 Å². The zero-order valence-corrected chi connectivity index (χ0v) is 13.4. The van der Waals surface area contributed by atoms with Crippen molar-refractivity contribution < 1.29 is 9.53 Å². The van der Waals surface area contributed by atoms with Gasteiger partial charge >= 0.3 is 0 Å². The Kier molecular flexibility index (Phi) is 5.88. The Morgan fingerprint density at radius 1 is 1.52 bits per heavy atom. The van der Waals surface area contributed by atoms with Crippen LogP contribution in [0.15, 0.2) is 18.2 Å². The van der Waals surface area contributed by atoms with Crippen molar-refractivity contribution in [3.05, 3.63) is 28.8 Å². The third-order valence-corrected chi connectivity index (χ3v) is 4.24. The molecule has 0 aliphatic carbocycles. The lowest BCUT2D eigenvalue weighted by atomic mass is 10.1. The number of aryl methyl sites for hydroxylation is 1. The average Bonchev–Trinajstić information content (AvgIpc) is 2.89. The van der Waals surface area contributed by atoms with Gasteiger partial charge in [-0.05, 0) is 37.4 Å². The van der Waals surface area contributed by atoms with Crippen molar-refractivity contribution in [3.63, 3.8) is 0 Å². The molecule has 1 saturated heterocycles. The molecule has 0 bridgehead atoms. The number of nitrogens with zero attached hydrogens (tertiary/aromatic N) is 1. The average molecular weight is 311 g/mol. The second-order valence-corrected chi connectivity index (χ2v) is 5.97. The molecular weight excluding hydrogens is 288 g/mol. The number of halogens is 1. The number of rotatable bonds is 6. The third-order valence-electron chi connectivity index (χ3n) is 3.94. The van der Waals surface area contributed by atoms with Gasteiger partial charge in [0.1, 0.15) is 12.4 Å². The van der Waals surface area contributed by atoms with E-state index in [0.29, 0.717) is 24.0 Å². The van der Waals surface area contributed by atoms with Gasteiger partial charge in [0.05, 0.1) is 5.02 Å². The standard InChI is InChI=1S/C16H23ClN2O2/c1-12-4-3-5-14(17)16(12)21-9-8-19-7-6-13(11-19)10-15(20)18-2/h3-5,13H,6-11H2,1-2H3,(H,18,20)/t13-/m1/s1. The topological polar surface area (TPSA) is 41.6 Å². The van der Waals surface area contributed by atoms with Crippen molar-refractivity contribution in [2.24, 2.45) is 5.92 Å². The van der Waals surface area contributed by atoms with Crippen LogP contribution in [0.1, 0.15) is 18.4 Å². The fourth-order valence-electron chi connectivity index (χ4n) is 2.72. The zero-order valence-electron chi connectivity index (χ0n) is 12.7. The molecule has 1 atom stereocenters. The van der Waals surface area contributed by atoms with E-state index in [1.165, 1.54) is 0 Å². The van der Waals surface area contributed by atoms with Gasteiger partial charge in [0, 0.05) is 26.6 Å². The summed E-state index contributed by atoms with van der Waals surface area (Å²) in [5.74, 6) is 1.37. The van der Waals surface area contributed by atoms with Crippen molar-refractivity contribution in [3.8, 4) is 5.75 Å². The highest BCUT2D eigenvalue weighted by Gasteiger charge is 2.24. The number of nitrogens with one attached hydrogen (secondary N) is 1. The molecule has 116 valence electrons. The predicted molar refractivity (Wildman–Crippen MR) is 84.9 cm³/mol. The van der Waals surface area contributed by atoms with Gasteiger partial charge in [-0.2, -0.15) is 0 Å². The summed E-state index contributed by atoms with van der Waals surface area (Å²) >= 11 is 6.14. The van der Waals surface area contributed by atoms with Crippen molar-refractivity contribution in [1.82, 2.24) is 10.2 Å². The monoisotopic (exact) mass is 310 g/mol. The summed E-state index contributed by atoms with van der Waals surface area (Å²) in [6.45, 7) is 5.49. The van der Waals surface area contributed by atoms with Crippen LogP contribution >= 0.6 is 11.6 Å². The summed E-state index contributed by atoms with van der Waals surface area (Å²) in [6.07, 6.45) is 1.70. The normalized spacial score (nSPS) is 18.7. The van der Waals surface area contributed by atoms with Crippen LogP contribution in [-0.4, -0.2) is 44.1 Å². The summed E-state index contributed by atoms with van der Waals surface area (Å²) in [7, 11) is 1.69. The molecule has 0 spiro atoms. The number of hydrogen-bond donors (Lipinski definition) is 1. The van der Waals surface area contributed by atoms with Crippen LogP contribution in [-0.2, 0) is 4.79 Å². The second kappa shape index (κ2) is 7.66. The van der Waals surface area contributed by atoms with Crippen molar-refractivity contribution in [2.45, 2.75) is 19.8 Å². The number of para-hydroxylation sites is 1. The molecule has 1 aliphatic rings. The van der Waals surface area contributed by atoms with Gasteiger partial charge in [0.15, 0.2) is 0 Å². The molecule has 1 amide bonds. The third kappa shape index (κ3) is 4.61. The first-order valence-corrected chi connectivity index (χ1v) is 7.78. The van der Waals surface area contributed by atoms with Gasteiger partial charge in [-0.1, -0.05) is 23.7 Å². The van der Waals surface area contributed by atoms with Gasteiger partial charge in [-0.25, -0.2) is 0 Å². The SMILES string of the molecule is CNC(=O)C[C@H]1CCN(CCOc2c(C)cccc2Cl)C1. The summed E-state index contributed by atoms with van der Waals surface area (Å²) in [4.78, 5) is 13.7. The zero-order chi connectivity index (χ0) is 15.2. The number of hydrogen-bond acceptors (Lipinski definition) is 3. The van der Waals surface area contributed by atoms with Crippen LogP contribution in [0, 0.1) is 12.8 Å². The van der Waals surface area contributed by atoms with Crippen LogP contribution < -0.4 is 10.1 Å². The lowest BCUT2D eigenvalue weighted by molar-refractivity contribution is -0.121. The van der Waals surface area contributed by atoms with Crippen molar-refractivity contribution in [2.75, 3.05) is 33.3 Å². The van der Waals surface area contributed by atoms with Crippen LogP contribution in [0.4, 0.5) is 0 Å². The van der Waals surface area contributed by atoms with E-state index in [0.717, 1.165) is 37.4 Å². The highest BCUT2D eigenvalue weighted by atomic mass is 35.5. The number of carbonyl (C=O) groups is 1. The minimum absolute atomic E-state index is 0.129. The summed E-state index contributed by atoms with van der Waals surface area (Å²) in [6, 6.07) is 5.77. The molecule has 1 aliphatic heterocycles. The number of carbonyl (C=O) groups excluding carboxylic acids is 1. The number of ether oxygens (including phenoxy) is 1. The molecule has 0 radical (unpaired) electrons. The molecule has 0 saturated carbocycles. The summed E-state index contributed by atoms with van der Waals surface area (Å²) < 4.78 is 5.81. The van der Waals surface area contributed by atoms with Crippen LogP contribution in [0.5, 0.6) is 5.75 Å². The minimum atomic E-state index is 0.129. The lowest BCUT2D eigenvalue weighted by Gasteiger charge is -2.17. The van der Waals surface area contributed by atoms with E-state index in [9.17, 15) is 4.79 Å². The first-order chi connectivity index (χ1) is 10.1. The van der Waals surface area contributed by atoms with Crippen LogP contribution in [0.3, 0.4) is 0 Å². The maximum atomic E-state index is 11.4. The summed E-state index contributed by atoms with van der Waals surface area (Å²) in [5, 5.41) is 3.35. The Hall–Kier alpha value is -1.26. The van der Waals surface area contributed by atoms with Gasteiger partial charge in [-0.15, -0.1) is 0 Å². The molecule has 5 heteroatoms.